The summed E-state index contributed by atoms with van der Waals surface area (Å²) in [6, 6.07) is 7.77. The van der Waals surface area contributed by atoms with E-state index >= 15 is 0 Å². The lowest BCUT2D eigenvalue weighted by atomic mass is 9.79. The van der Waals surface area contributed by atoms with E-state index in [4.69, 9.17) is 16.3 Å². The van der Waals surface area contributed by atoms with Crippen molar-refractivity contribution in [3.63, 3.8) is 0 Å². The molecule has 2 aromatic rings. The lowest BCUT2D eigenvalue weighted by Gasteiger charge is -2.35. The van der Waals surface area contributed by atoms with E-state index in [-0.39, 0.29) is 18.3 Å². The molecule has 1 fully saturated rings. The van der Waals surface area contributed by atoms with Crippen molar-refractivity contribution in [2.75, 3.05) is 32.1 Å². The van der Waals surface area contributed by atoms with Crippen molar-refractivity contribution < 1.29 is 9.53 Å². The Labute approximate surface area is 168 Å². The molecule has 1 saturated heterocycles. The molecule has 2 N–H and O–H groups in total. The minimum Gasteiger partial charge on any atom is -0.384 e. The number of carbonyl (C=O) groups excluding carboxylic acids is 1. The molecule has 1 aliphatic heterocycles. The van der Waals surface area contributed by atoms with Crippen molar-refractivity contribution in [3.8, 4) is 0 Å². The molecule has 3 rings (SSSR count). The highest BCUT2D eigenvalue weighted by atomic mass is 35.5. The van der Waals surface area contributed by atoms with Gasteiger partial charge >= 0.3 is 0 Å². The first-order chi connectivity index (χ1) is 12.1. The maximum Gasteiger partial charge on any atom is 0.234 e. The number of hydrogen-bond donors (Lipinski definition) is 2. The minimum atomic E-state index is -0.478. The van der Waals surface area contributed by atoms with Crippen LogP contribution < -0.4 is 10.6 Å². The molecule has 0 bridgehead atoms. The lowest BCUT2D eigenvalue weighted by Crippen LogP contribution is -2.47. The third-order valence-corrected chi connectivity index (χ3v) is 5.84. The minimum absolute atomic E-state index is 0. The Morgan fingerprint density at radius 1 is 1.38 bits per heavy atom. The number of amides is 1. The Bertz CT molecular complexity index is 727. The first-order valence-electron chi connectivity index (χ1n) is 8.32. The van der Waals surface area contributed by atoms with Gasteiger partial charge < -0.3 is 15.4 Å². The first-order valence-corrected chi connectivity index (χ1v) is 9.52. The van der Waals surface area contributed by atoms with Crippen LogP contribution in [0.5, 0.6) is 0 Å². The van der Waals surface area contributed by atoms with Gasteiger partial charge in [-0.25, -0.2) is 4.98 Å². The topological polar surface area (TPSA) is 63.2 Å². The average molecular weight is 416 g/mol. The Hall–Kier alpha value is -1.18. The predicted octanol–water partition coefficient (Wildman–Crippen LogP) is 3.76. The van der Waals surface area contributed by atoms with E-state index in [0.29, 0.717) is 18.2 Å². The summed E-state index contributed by atoms with van der Waals surface area (Å²) in [7, 11) is 1.64. The molecule has 0 spiro atoms. The van der Waals surface area contributed by atoms with Crippen LogP contribution >= 0.6 is 35.3 Å². The third-order valence-electron chi connectivity index (χ3n) is 4.56. The van der Waals surface area contributed by atoms with Gasteiger partial charge in [-0.3, -0.25) is 4.79 Å². The number of nitrogens with one attached hydrogen (secondary N) is 2. The highest BCUT2D eigenvalue weighted by Crippen LogP contribution is 2.32. The van der Waals surface area contributed by atoms with Crippen LogP contribution in [0.3, 0.4) is 0 Å². The molecule has 142 valence electrons. The number of methoxy groups -OCH3 is 1. The fourth-order valence-electron chi connectivity index (χ4n) is 3.12. The first kappa shape index (κ1) is 21.1. The lowest BCUT2D eigenvalue weighted by molar-refractivity contribution is -0.130. The van der Waals surface area contributed by atoms with Crippen molar-refractivity contribution in [1.82, 2.24) is 10.3 Å². The molecule has 8 heteroatoms. The predicted molar refractivity (Wildman–Crippen MR) is 109 cm³/mol. The molecule has 0 unspecified atom stereocenters. The standard InChI is InChI=1S/C18H22ClN3O2S.ClH/c1-24-12-18(6-8-20-9-7-18)16(23)22-17-21-11-14(25-17)10-13-4-2-3-5-15(13)19;/h2-5,11,20H,6-10,12H2,1H3,(H,21,22,23);1H. The van der Waals surface area contributed by atoms with Crippen LogP contribution in [-0.2, 0) is 16.0 Å². The van der Waals surface area contributed by atoms with Gasteiger partial charge in [-0.15, -0.1) is 23.7 Å². The number of carbonyl (C=O) groups is 1. The van der Waals surface area contributed by atoms with Crippen LogP contribution in [0.15, 0.2) is 30.5 Å². The fraction of sp³-hybridized carbons (Fsp3) is 0.444. The number of halogens is 2. The largest absolute Gasteiger partial charge is 0.384 e. The maximum absolute atomic E-state index is 12.8. The highest BCUT2D eigenvalue weighted by Gasteiger charge is 2.40. The second kappa shape index (κ2) is 9.67. The Balaban J connectivity index is 0.00000243. The quantitative estimate of drug-likeness (QED) is 0.753. The molecule has 1 aromatic heterocycles. The van der Waals surface area contributed by atoms with E-state index in [1.54, 1.807) is 13.3 Å². The molecule has 0 atom stereocenters. The monoisotopic (exact) mass is 415 g/mol. The summed E-state index contributed by atoms with van der Waals surface area (Å²) in [5.41, 5.74) is 0.578. The molecule has 26 heavy (non-hydrogen) atoms. The summed E-state index contributed by atoms with van der Waals surface area (Å²) >= 11 is 7.70. The summed E-state index contributed by atoms with van der Waals surface area (Å²) in [6.07, 6.45) is 4.05. The molecule has 1 aromatic carbocycles. The van der Waals surface area contributed by atoms with E-state index in [2.05, 4.69) is 15.6 Å². The maximum atomic E-state index is 12.8. The molecular weight excluding hydrogens is 393 g/mol. The number of ether oxygens (including phenoxy) is 1. The van der Waals surface area contributed by atoms with Crippen LogP contribution in [0.1, 0.15) is 23.3 Å². The number of nitrogens with zero attached hydrogens (tertiary/aromatic N) is 1. The van der Waals surface area contributed by atoms with Gasteiger partial charge in [0.1, 0.15) is 0 Å². The average Bonchev–Trinajstić information content (AvgIpc) is 3.05. The summed E-state index contributed by atoms with van der Waals surface area (Å²) in [6.45, 7) is 2.08. The molecule has 1 aliphatic rings. The van der Waals surface area contributed by atoms with Gasteiger partial charge in [-0.05, 0) is 37.6 Å². The summed E-state index contributed by atoms with van der Waals surface area (Å²) < 4.78 is 5.32. The van der Waals surface area contributed by atoms with E-state index in [9.17, 15) is 4.79 Å². The highest BCUT2D eigenvalue weighted by molar-refractivity contribution is 7.15. The molecule has 0 aliphatic carbocycles. The summed E-state index contributed by atoms with van der Waals surface area (Å²) in [4.78, 5) is 18.2. The van der Waals surface area contributed by atoms with Gasteiger partial charge in [0.05, 0.1) is 12.0 Å². The van der Waals surface area contributed by atoms with Crippen LogP contribution in [0.4, 0.5) is 5.13 Å². The molecular formula is C18H23Cl2N3O2S. The fourth-order valence-corrected chi connectivity index (χ4v) is 4.16. The Kier molecular flexibility index (Phi) is 7.85. The summed E-state index contributed by atoms with van der Waals surface area (Å²) in [5.74, 6) is -0.00510. The number of rotatable bonds is 6. The zero-order chi connectivity index (χ0) is 17.7. The van der Waals surface area contributed by atoms with Crippen molar-refractivity contribution in [2.45, 2.75) is 19.3 Å². The Morgan fingerprint density at radius 2 is 2.12 bits per heavy atom. The molecule has 1 amide bonds. The Morgan fingerprint density at radius 3 is 2.81 bits per heavy atom. The molecule has 0 saturated carbocycles. The van der Waals surface area contributed by atoms with Crippen LogP contribution in [0.25, 0.3) is 0 Å². The van der Waals surface area contributed by atoms with Crippen LogP contribution in [0, 0.1) is 5.41 Å². The number of anilines is 1. The van der Waals surface area contributed by atoms with Crippen molar-refractivity contribution in [1.29, 1.82) is 0 Å². The van der Waals surface area contributed by atoms with Gasteiger partial charge in [0.25, 0.3) is 0 Å². The third kappa shape index (κ3) is 4.96. The van der Waals surface area contributed by atoms with Gasteiger partial charge in [-0.2, -0.15) is 0 Å². The zero-order valence-electron chi connectivity index (χ0n) is 14.6. The summed E-state index contributed by atoms with van der Waals surface area (Å²) in [5, 5.41) is 7.65. The molecule has 5 nitrogen and oxygen atoms in total. The van der Waals surface area contributed by atoms with E-state index < -0.39 is 5.41 Å². The van der Waals surface area contributed by atoms with Crippen LogP contribution in [0.2, 0.25) is 5.02 Å². The normalized spacial score (nSPS) is 15.9. The second-order valence-corrected chi connectivity index (χ2v) is 7.84. The number of thiazole rings is 1. The van der Waals surface area contributed by atoms with Crippen LogP contribution in [-0.4, -0.2) is 37.7 Å². The van der Waals surface area contributed by atoms with E-state index in [0.717, 1.165) is 41.4 Å². The van der Waals surface area contributed by atoms with E-state index in [1.807, 2.05) is 24.3 Å². The van der Waals surface area contributed by atoms with Crippen molar-refractivity contribution in [3.05, 3.63) is 45.9 Å². The number of hydrogen-bond acceptors (Lipinski definition) is 5. The zero-order valence-corrected chi connectivity index (χ0v) is 17.0. The number of benzene rings is 1. The molecule has 0 radical (unpaired) electrons. The van der Waals surface area contributed by atoms with Gasteiger partial charge in [-0.1, -0.05) is 29.8 Å². The smallest absolute Gasteiger partial charge is 0.234 e. The van der Waals surface area contributed by atoms with Gasteiger partial charge in [0, 0.05) is 29.6 Å². The number of aromatic nitrogens is 1. The SMILES string of the molecule is COCC1(C(=O)Nc2ncc(Cc3ccccc3Cl)s2)CCNCC1.Cl. The van der Waals surface area contributed by atoms with E-state index in [1.165, 1.54) is 11.3 Å². The van der Waals surface area contributed by atoms with Crippen molar-refractivity contribution in [2.24, 2.45) is 5.41 Å². The van der Waals surface area contributed by atoms with Crippen molar-refractivity contribution >= 4 is 46.4 Å². The van der Waals surface area contributed by atoms with Gasteiger partial charge in [0.2, 0.25) is 5.91 Å². The molecule has 2 heterocycles. The number of piperidine rings is 1. The van der Waals surface area contributed by atoms with Gasteiger partial charge in [0.15, 0.2) is 5.13 Å². The second-order valence-electron chi connectivity index (χ2n) is 6.32.